The van der Waals surface area contributed by atoms with Gasteiger partial charge in [-0.2, -0.15) is 0 Å². The minimum absolute atomic E-state index is 0.562. The van der Waals surface area contributed by atoms with Gasteiger partial charge in [0.25, 0.3) is 0 Å². The van der Waals surface area contributed by atoms with Crippen molar-refractivity contribution in [3.63, 3.8) is 0 Å². The maximum atomic E-state index is 11.7. The van der Waals surface area contributed by atoms with E-state index in [2.05, 4.69) is 0 Å². The molecule has 0 bridgehead atoms. The molecule has 0 aliphatic carbocycles. The number of alkyl halides is 9. The zero-order valence-corrected chi connectivity index (χ0v) is 11.7. The molecular weight excluding hydrogens is 458 g/mol. The normalized spacial score (nSPS) is 14.6. The van der Waals surface area contributed by atoms with Crippen molar-refractivity contribution in [1.29, 1.82) is 0 Å². The Hall–Kier alpha value is 0.888. The average Bonchev–Trinajstić information content (AvgIpc) is 1.70. The second kappa shape index (κ2) is 5.69. The molecule has 0 heterocycles. The van der Waals surface area contributed by atoms with E-state index in [1.165, 1.54) is 0 Å². The molecule has 0 aliphatic heterocycles. The van der Waals surface area contributed by atoms with Crippen LogP contribution in [0.2, 0.25) is 0 Å². The van der Waals surface area contributed by atoms with Crippen LogP contribution >= 0.6 is 0 Å². The van der Waals surface area contributed by atoms with Gasteiger partial charge in [-0.25, -0.2) is 0 Å². The van der Waals surface area contributed by atoms with Gasteiger partial charge in [-0.15, -0.1) is 0 Å². The molecule has 0 aliphatic rings. The summed E-state index contributed by atoms with van der Waals surface area (Å²) in [7, 11) is 0. The van der Waals surface area contributed by atoms with Gasteiger partial charge in [0, 0.05) is 0 Å². The zero-order chi connectivity index (χ0) is 13.2. The van der Waals surface area contributed by atoms with E-state index in [9.17, 15) is 39.5 Å². The van der Waals surface area contributed by atoms with E-state index in [4.69, 9.17) is 0 Å². The molecule has 0 saturated heterocycles. The van der Waals surface area contributed by atoms with Crippen molar-refractivity contribution in [3.8, 4) is 0 Å². The second-order valence-electron chi connectivity index (χ2n) is 1.83. The Bertz CT molecular complexity index is 179. The Morgan fingerprint density at radius 1 is 0.500 bits per heavy atom. The molecule has 0 rings (SSSR count). The van der Waals surface area contributed by atoms with Gasteiger partial charge in [-0.1, -0.05) is 0 Å². The third-order valence-electron chi connectivity index (χ3n) is 0.534. The number of hydrogen-bond acceptors (Lipinski definition) is 1. The first kappa shape index (κ1) is 16.9. The van der Waals surface area contributed by atoms with Crippen molar-refractivity contribution in [2.45, 2.75) is 15.2 Å². The quantitative estimate of drug-likeness (QED) is 0.461. The summed E-state index contributed by atoms with van der Waals surface area (Å²) in [6, 6.07) is 0. The summed E-state index contributed by atoms with van der Waals surface area (Å²) in [6.07, 6.45) is 0. The van der Waals surface area contributed by atoms with Gasteiger partial charge in [0.05, 0.1) is 0 Å². The Kier molecular flexibility index (Phi) is 6.00. The van der Waals surface area contributed by atoms with E-state index in [-0.39, 0.29) is 0 Å². The molecule has 98 valence electrons. The maximum absolute atomic E-state index is 11.7. The summed E-state index contributed by atoms with van der Waals surface area (Å²) in [6.45, 7) is 0. The number of nitrogens with zero attached hydrogens (tertiary/aromatic N) is 1. The minimum atomic E-state index is -5.02. The summed E-state index contributed by atoms with van der Waals surface area (Å²) in [4.78, 5) is 0. The molecule has 0 N–H and O–H groups in total. The second-order valence-corrected chi connectivity index (χ2v) is 11.7. The van der Waals surface area contributed by atoms with Gasteiger partial charge < -0.3 is 0 Å². The molecule has 0 aromatic carbocycles. The van der Waals surface area contributed by atoms with Crippen LogP contribution < -0.4 is 0 Å². The van der Waals surface area contributed by atoms with Crippen LogP contribution in [0.25, 0.3) is 0 Å². The molecule has 0 fully saturated rings. The molecule has 1 nitrogen and oxygen atoms in total. The Morgan fingerprint density at radius 2 is 0.688 bits per heavy atom. The van der Waals surface area contributed by atoms with Crippen molar-refractivity contribution in [1.82, 2.24) is 1.95 Å². The van der Waals surface area contributed by atoms with E-state index in [1.807, 2.05) is 0 Å². The van der Waals surface area contributed by atoms with Gasteiger partial charge in [0.15, 0.2) is 0 Å². The Morgan fingerprint density at radius 3 is 0.812 bits per heavy atom. The Balaban J connectivity index is 4.53. The van der Waals surface area contributed by atoms with Crippen LogP contribution in [0.3, 0.4) is 0 Å². The fraction of sp³-hybridized carbons (Fsp3) is 1.00. The van der Waals surface area contributed by atoms with Gasteiger partial charge in [-0.3, -0.25) is 0 Å². The van der Waals surface area contributed by atoms with Crippen molar-refractivity contribution in [3.05, 3.63) is 0 Å². The first-order valence-electron chi connectivity index (χ1n) is 2.86. The predicted molar refractivity (Wildman–Crippen MR) is 37.3 cm³/mol. The topological polar surface area (TPSA) is 3.24 Å². The van der Waals surface area contributed by atoms with Crippen LogP contribution in [-0.2, 0) is 0 Å². The van der Waals surface area contributed by atoms with Crippen LogP contribution in [0.4, 0.5) is 39.5 Å². The van der Waals surface area contributed by atoms with E-state index in [0.29, 0.717) is 0 Å². The standard InChI is InChI=1S/C3F9NSe3/c4-1(5,6)14-13(15-2(7,8)9)16-3(10,11)12. The molecule has 0 unspecified atom stereocenters. The molecule has 0 saturated carbocycles. The molecule has 0 aromatic heterocycles. The van der Waals surface area contributed by atoms with Crippen LogP contribution in [-0.4, -0.2) is 62.7 Å². The molecule has 0 atom stereocenters. The summed E-state index contributed by atoms with van der Waals surface area (Å²) < 4.78 is 105. The third-order valence-corrected chi connectivity index (χ3v) is 7.65. The van der Waals surface area contributed by atoms with E-state index in [1.54, 1.807) is 0 Å². The van der Waals surface area contributed by atoms with E-state index >= 15 is 0 Å². The fourth-order valence-electron chi connectivity index (χ4n) is 0.309. The molecule has 16 heavy (non-hydrogen) atoms. The molecule has 0 radical (unpaired) electrons. The summed E-state index contributed by atoms with van der Waals surface area (Å²) in [5.74, 6) is 0. The monoisotopic (exact) mass is 461 g/mol. The van der Waals surface area contributed by atoms with Crippen molar-refractivity contribution < 1.29 is 39.5 Å². The van der Waals surface area contributed by atoms with Crippen LogP contribution in [0.15, 0.2) is 0 Å². The fourth-order valence-corrected chi connectivity index (χ4v) is 8.36. The van der Waals surface area contributed by atoms with E-state index in [0.717, 1.165) is 0 Å². The molecule has 0 aromatic rings. The molecule has 0 spiro atoms. The molecule has 0 amide bonds. The first-order chi connectivity index (χ1) is 6.79. The van der Waals surface area contributed by atoms with Crippen LogP contribution in [0.1, 0.15) is 0 Å². The van der Waals surface area contributed by atoms with Gasteiger partial charge in [-0.05, 0) is 0 Å². The molecule has 13 heteroatoms. The van der Waals surface area contributed by atoms with E-state index < -0.39 is 62.7 Å². The third kappa shape index (κ3) is 11.4. The van der Waals surface area contributed by atoms with Crippen molar-refractivity contribution in [2.24, 2.45) is 0 Å². The van der Waals surface area contributed by atoms with Gasteiger partial charge in [0.1, 0.15) is 0 Å². The summed E-state index contributed by atoms with van der Waals surface area (Å²) >= 11 is -8.42. The average molecular weight is 458 g/mol. The number of rotatable bonds is 3. The zero-order valence-electron chi connectivity index (χ0n) is 6.57. The predicted octanol–water partition coefficient (Wildman–Crippen LogP) is 1.71. The SMILES string of the molecule is FC(F)(F)[Se]N([Se]C(F)(F)F)[Se]C(F)(F)F. The number of halogens is 9. The number of hydrogen-bond donors (Lipinski definition) is 0. The van der Waals surface area contributed by atoms with Crippen LogP contribution in [0.5, 0.6) is 0 Å². The first-order valence-corrected chi connectivity index (χ1v) is 7.73. The van der Waals surface area contributed by atoms with Crippen molar-refractivity contribution >= 4 is 45.5 Å². The Labute approximate surface area is 102 Å². The van der Waals surface area contributed by atoms with Gasteiger partial charge >= 0.3 is 102 Å². The van der Waals surface area contributed by atoms with Crippen LogP contribution in [0, 0.1) is 0 Å². The summed E-state index contributed by atoms with van der Waals surface area (Å²) in [5, 5.41) is -15.1. The van der Waals surface area contributed by atoms with Gasteiger partial charge in [0.2, 0.25) is 0 Å². The summed E-state index contributed by atoms with van der Waals surface area (Å²) in [5.41, 5.74) is 0. The van der Waals surface area contributed by atoms with Crippen molar-refractivity contribution in [2.75, 3.05) is 0 Å². The molecular formula is C3F9NSe3.